The largest absolute Gasteiger partial charge is 1.00 e. The molecule has 0 saturated heterocycles. The van der Waals surface area contributed by atoms with Crippen LogP contribution in [0.3, 0.4) is 0 Å². The molecule has 4 nitrogen and oxygen atoms in total. The summed E-state index contributed by atoms with van der Waals surface area (Å²) >= 11 is 0. The molecule has 0 fully saturated rings. The van der Waals surface area contributed by atoms with E-state index in [1.807, 2.05) is 4.40 Å². The zero-order valence-corrected chi connectivity index (χ0v) is 7.80. The molecule has 0 aliphatic heterocycles. The average molecular weight is 182 g/mol. The van der Waals surface area contributed by atoms with Crippen LogP contribution in [0.2, 0.25) is 0 Å². The second-order valence-corrected chi connectivity index (χ2v) is 2.81. The van der Waals surface area contributed by atoms with Gasteiger partial charge in [-0.1, -0.05) is 0 Å². The van der Waals surface area contributed by atoms with Crippen LogP contribution in [0.4, 0.5) is 0 Å². The minimum absolute atomic E-state index is 0. The molecule has 0 aromatic carbocycles. The van der Waals surface area contributed by atoms with Crippen LogP contribution in [0.25, 0.3) is 5.52 Å². The summed E-state index contributed by atoms with van der Waals surface area (Å²) in [6, 6.07) is 3.52. The number of carboxylic acid groups (broad SMARTS) is 1. The van der Waals surface area contributed by atoms with Crippen molar-refractivity contribution in [1.82, 2.24) is 9.38 Å². The first kappa shape index (κ1) is 10.8. The van der Waals surface area contributed by atoms with Gasteiger partial charge in [-0.25, -0.2) is 4.98 Å². The first-order valence-corrected chi connectivity index (χ1v) is 3.86. The van der Waals surface area contributed by atoms with E-state index < -0.39 is 5.97 Å². The van der Waals surface area contributed by atoms with Crippen molar-refractivity contribution in [2.45, 2.75) is 6.42 Å². The topological polar surface area (TPSA) is 57.4 Å². The Bertz CT molecular complexity index is 453. The molecule has 14 heavy (non-hydrogen) atoms. The molecule has 0 amide bonds. The molecule has 0 unspecified atom stereocenters. The summed E-state index contributed by atoms with van der Waals surface area (Å²) in [4.78, 5) is 14.2. The second kappa shape index (κ2) is 4.31. The molecular formula is C9H7LiN2O2. The molecule has 2 aromatic heterocycles. The second-order valence-electron chi connectivity index (χ2n) is 2.81. The zero-order valence-electron chi connectivity index (χ0n) is 7.80. The van der Waals surface area contributed by atoms with Crippen LogP contribution in [-0.2, 0) is 11.2 Å². The number of pyridine rings is 1. The summed E-state index contributed by atoms with van der Waals surface area (Å²) in [5.41, 5.74) is 1.62. The third-order valence-electron chi connectivity index (χ3n) is 1.83. The quantitative estimate of drug-likeness (QED) is 0.455. The number of carboxylic acids is 1. The predicted octanol–water partition coefficient (Wildman–Crippen LogP) is -3.37. The number of aromatic nitrogens is 2. The van der Waals surface area contributed by atoms with E-state index in [-0.39, 0.29) is 25.3 Å². The van der Waals surface area contributed by atoms with Gasteiger partial charge in [0.15, 0.2) is 0 Å². The minimum atomic E-state index is -1.07. The van der Waals surface area contributed by atoms with E-state index >= 15 is 0 Å². The number of carbonyl (C=O) groups is 1. The van der Waals surface area contributed by atoms with Crippen molar-refractivity contribution >= 4 is 11.5 Å². The van der Waals surface area contributed by atoms with Crippen molar-refractivity contribution in [3.63, 3.8) is 0 Å². The molecule has 2 aromatic rings. The molecular weight excluding hydrogens is 175 g/mol. The number of rotatable bonds is 2. The van der Waals surface area contributed by atoms with Gasteiger partial charge in [-0.05, 0) is 17.7 Å². The van der Waals surface area contributed by atoms with Gasteiger partial charge in [-0.2, -0.15) is 0 Å². The van der Waals surface area contributed by atoms with Gasteiger partial charge >= 0.3 is 18.9 Å². The Morgan fingerprint density at radius 2 is 2.36 bits per heavy atom. The van der Waals surface area contributed by atoms with Crippen LogP contribution < -0.4 is 24.0 Å². The van der Waals surface area contributed by atoms with E-state index in [4.69, 9.17) is 0 Å². The molecule has 0 atom stereocenters. The Balaban J connectivity index is 0.000000980. The summed E-state index contributed by atoms with van der Waals surface area (Å²) in [6.45, 7) is 0. The molecule has 66 valence electrons. The van der Waals surface area contributed by atoms with Crippen LogP contribution in [0.1, 0.15) is 5.56 Å². The molecule has 0 N–H and O–H groups in total. The van der Waals surface area contributed by atoms with Crippen molar-refractivity contribution in [2.75, 3.05) is 0 Å². The first-order valence-electron chi connectivity index (χ1n) is 3.86. The number of imidazole rings is 1. The zero-order chi connectivity index (χ0) is 9.26. The van der Waals surface area contributed by atoms with Gasteiger partial charge in [-0.15, -0.1) is 0 Å². The number of hydrogen-bond donors (Lipinski definition) is 0. The summed E-state index contributed by atoms with van der Waals surface area (Å²) in [6.07, 6.45) is 5.07. The van der Waals surface area contributed by atoms with Gasteiger partial charge in [0.05, 0.1) is 18.0 Å². The van der Waals surface area contributed by atoms with Crippen molar-refractivity contribution in [3.8, 4) is 0 Å². The Kier molecular flexibility index (Phi) is 3.34. The molecule has 0 saturated carbocycles. The Labute approximate surface area is 92.8 Å². The third kappa shape index (κ3) is 2.16. The SMILES string of the molecule is O=C([O-])Cc1ccn2cncc2c1.[Li+]. The van der Waals surface area contributed by atoms with Crippen LogP contribution in [0, 0.1) is 0 Å². The molecule has 2 heterocycles. The summed E-state index contributed by atoms with van der Waals surface area (Å²) in [5.74, 6) is -1.07. The Morgan fingerprint density at radius 3 is 3.07 bits per heavy atom. The van der Waals surface area contributed by atoms with Gasteiger partial charge in [0.1, 0.15) is 0 Å². The van der Waals surface area contributed by atoms with Gasteiger partial charge in [-0.3, -0.25) is 0 Å². The van der Waals surface area contributed by atoms with E-state index in [9.17, 15) is 9.90 Å². The van der Waals surface area contributed by atoms with E-state index in [1.54, 1.807) is 30.9 Å². The standard InChI is InChI=1S/C9H8N2O2.Li/c12-9(13)4-7-1-2-11-6-10-5-8(11)3-7;/h1-3,5-6H,4H2,(H,12,13);/q;+1/p-1. The number of carbonyl (C=O) groups excluding carboxylic acids is 1. The minimum Gasteiger partial charge on any atom is -0.550 e. The summed E-state index contributed by atoms with van der Waals surface area (Å²) in [5, 5.41) is 10.3. The molecule has 0 aliphatic carbocycles. The van der Waals surface area contributed by atoms with Gasteiger partial charge in [0.25, 0.3) is 0 Å². The normalized spacial score (nSPS) is 9.71. The fourth-order valence-corrected chi connectivity index (χ4v) is 1.24. The van der Waals surface area contributed by atoms with Crippen molar-refractivity contribution < 1.29 is 28.8 Å². The van der Waals surface area contributed by atoms with E-state index in [0.717, 1.165) is 11.1 Å². The summed E-state index contributed by atoms with van der Waals surface area (Å²) < 4.78 is 1.82. The van der Waals surface area contributed by atoms with Crippen molar-refractivity contribution in [2.24, 2.45) is 0 Å². The predicted molar refractivity (Wildman–Crippen MR) is 43.9 cm³/mol. The average Bonchev–Trinajstić information content (AvgIpc) is 2.49. The fraction of sp³-hybridized carbons (Fsp3) is 0.111. The number of aliphatic carboxylic acids is 1. The fourth-order valence-electron chi connectivity index (χ4n) is 1.24. The van der Waals surface area contributed by atoms with Gasteiger partial charge in [0, 0.05) is 18.6 Å². The van der Waals surface area contributed by atoms with Crippen LogP contribution >= 0.6 is 0 Å². The molecule has 0 radical (unpaired) electrons. The maximum Gasteiger partial charge on any atom is 1.00 e. The van der Waals surface area contributed by atoms with Crippen molar-refractivity contribution in [1.29, 1.82) is 0 Å². The Hall–Kier alpha value is -1.24. The number of hydrogen-bond acceptors (Lipinski definition) is 3. The number of nitrogens with zero attached hydrogens (tertiary/aromatic N) is 2. The molecule has 0 aliphatic rings. The van der Waals surface area contributed by atoms with E-state index in [2.05, 4.69) is 4.98 Å². The molecule has 2 rings (SSSR count). The molecule has 5 heteroatoms. The molecule has 0 spiro atoms. The van der Waals surface area contributed by atoms with Crippen LogP contribution in [0.5, 0.6) is 0 Å². The van der Waals surface area contributed by atoms with Crippen molar-refractivity contribution in [3.05, 3.63) is 36.4 Å². The Morgan fingerprint density at radius 1 is 1.57 bits per heavy atom. The van der Waals surface area contributed by atoms with E-state index in [0.29, 0.717) is 0 Å². The van der Waals surface area contributed by atoms with Crippen LogP contribution in [0.15, 0.2) is 30.9 Å². The maximum absolute atomic E-state index is 10.3. The van der Waals surface area contributed by atoms with Crippen LogP contribution in [-0.4, -0.2) is 15.4 Å². The van der Waals surface area contributed by atoms with Gasteiger partial charge in [0.2, 0.25) is 0 Å². The molecule has 0 bridgehead atoms. The number of fused-ring (bicyclic) bond motifs is 1. The first-order chi connectivity index (χ1) is 6.25. The maximum atomic E-state index is 10.3. The smallest absolute Gasteiger partial charge is 0.550 e. The third-order valence-corrected chi connectivity index (χ3v) is 1.83. The van der Waals surface area contributed by atoms with Gasteiger partial charge < -0.3 is 14.3 Å². The monoisotopic (exact) mass is 182 g/mol. The summed E-state index contributed by atoms with van der Waals surface area (Å²) in [7, 11) is 0. The van der Waals surface area contributed by atoms with E-state index in [1.165, 1.54) is 0 Å².